The van der Waals surface area contributed by atoms with Gasteiger partial charge in [0.25, 0.3) is 0 Å². The van der Waals surface area contributed by atoms with Gasteiger partial charge in [-0.3, -0.25) is 0 Å². The Morgan fingerprint density at radius 1 is 0.364 bits per heavy atom. The largest absolute Gasteiger partial charge is 0.453 e. The van der Waals surface area contributed by atoms with Crippen LogP contribution in [0, 0.1) is 0 Å². The number of benzene rings is 8. The molecule has 9 aromatic rings. The van der Waals surface area contributed by atoms with Crippen molar-refractivity contribution < 1.29 is 4.42 Å². The highest BCUT2D eigenvalue weighted by atomic mass is 16.3. The predicted octanol–water partition coefficient (Wildman–Crippen LogP) is 12.2. The van der Waals surface area contributed by atoms with E-state index in [9.17, 15) is 0 Å². The van der Waals surface area contributed by atoms with Crippen molar-refractivity contribution in [1.29, 1.82) is 0 Å². The molecule has 0 saturated heterocycles. The van der Waals surface area contributed by atoms with Gasteiger partial charge in [0.1, 0.15) is 5.58 Å². The molecular weight excluding hydrogens is 534 g/mol. The van der Waals surface area contributed by atoms with Crippen LogP contribution >= 0.6 is 0 Å². The molecular formula is C42H27NO. The van der Waals surface area contributed by atoms with E-state index in [0.717, 1.165) is 50.0 Å². The number of hydrogen-bond acceptors (Lipinski definition) is 2. The van der Waals surface area contributed by atoms with E-state index in [1.54, 1.807) is 0 Å². The van der Waals surface area contributed by atoms with Gasteiger partial charge in [-0.25, -0.2) is 0 Å². The van der Waals surface area contributed by atoms with Crippen molar-refractivity contribution in [2.24, 2.45) is 0 Å². The molecule has 0 fully saturated rings. The van der Waals surface area contributed by atoms with E-state index in [4.69, 9.17) is 4.42 Å². The summed E-state index contributed by atoms with van der Waals surface area (Å²) < 4.78 is 7.09. The van der Waals surface area contributed by atoms with E-state index in [2.05, 4.69) is 169 Å². The molecule has 0 aliphatic carbocycles. The highest BCUT2D eigenvalue weighted by Gasteiger charge is 2.24. The standard InChI is InChI=1S/C42H27NO/c1-3-14-28(15-4-1)30-26-37-40-35-23-11-9-21-33(35)34-22-10-12-24-36(34)42(40)44-41(37)39(27-30)43(31-18-5-2-6-19-31)38-25-13-17-29-16-7-8-20-32(29)38/h1-27H. The van der Waals surface area contributed by atoms with Crippen LogP contribution in [0.1, 0.15) is 0 Å². The number of hydrogen-bond donors (Lipinski definition) is 0. The lowest BCUT2D eigenvalue weighted by atomic mass is 9.95. The third kappa shape index (κ3) is 3.75. The zero-order valence-corrected chi connectivity index (χ0v) is 23.9. The predicted molar refractivity (Wildman–Crippen MR) is 186 cm³/mol. The molecule has 0 aliphatic rings. The number of para-hydroxylation sites is 1. The van der Waals surface area contributed by atoms with Crippen molar-refractivity contribution in [3.05, 3.63) is 164 Å². The fraction of sp³-hybridized carbons (Fsp3) is 0. The lowest BCUT2D eigenvalue weighted by molar-refractivity contribution is 0.673. The van der Waals surface area contributed by atoms with Crippen LogP contribution in [-0.2, 0) is 0 Å². The molecule has 206 valence electrons. The molecule has 0 unspecified atom stereocenters. The summed E-state index contributed by atoms with van der Waals surface area (Å²) in [5.74, 6) is 0. The van der Waals surface area contributed by atoms with Crippen LogP contribution < -0.4 is 4.90 Å². The fourth-order valence-electron chi connectivity index (χ4n) is 6.84. The molecule has 0 spiro atoms. The highest BCUT2D eigenvalue weighted by Crippen LogP contribution is 2.48. The number of nitrogens with zero attached hydrogens (tertiary/aromatic N) is 1. The maximum absolute atomic E-state index is 7.09. The third-order valence-electron chi connectivity index (χ3n) is 8.80. The first kappa shape index (κ1) is 24.7. The van der Waals surface area contributed by atoms with Crippen LogP contribution in [0.4, 0.5) is 17.1 Å². The molecule has 1 aromatic heterocycles. The molecule has 2 heteroatoms. The van der Waals surface area contributed by atoms with Gasteiger partial charge in [-0.15, -0.1) is 0 Å². The second-order valence-corrected chi connectivity index (χ2v) is 11.3. The number of anilines is 3. The SMILES string of the molecule is c1ccc(-c2cc(N(c3ccccc3)c3cccc4ccccc34)c3oc4c5ccccc5c5ccccc5c4c3c2)cc1. The molecule has 0 N–H and O–H groups in total. The molecule has 1 heterocycles. The second kappa shape index (κ2) is 9.86. The fourth-order valence-corrected chi connectivity index (χ4v) is 6.84. The van der Waals surface area contributed by atoms with Crippen LogP contribution in [0.2, 0.25) is 0 Å². The Kier molecular flexibility index (Phi) is 5.54. The Hall–Kier alpha value is -5.86. The molecule has 44 heavy (non-hydrogen) atoms. The van der Waals surface area contributed by atoms with Crippen molar-refractivity contribution in [3.8, 4) is 11.1 Å². The van der Waals surface area contributed by atoms with Crippen LogP contribution in [0.3, 0.4) is 0 Å². The lowest BCUT2D eigenvalue weighted by Crippen LogP contribution is -2.11. The monoisotopic (exact) mass is 561 g/mol. The molecule has 0 aliphatic heterocycles. The minimum atomic E-state index is 0.873. The van der Waals surface area contributed by atoms with Gasteiger partial charge in [0.15, 0.2) is 5.58 Å². The van der Waals surface area contributed by atoms with Crippen molar-refractivity contribution in [2.75, 3.05) is 4.90 Å². The van der Waals surface area contributed by atoms with Gasteiger partial charge < -0.3 is 9.32 Å². The first-order chi connectivity index (χ1) is 21.8. The Morgan fingerprint density at radius 2 is 0.955 bits per heavy atom. The van der Waals surface area contributed by atoms with E-state index in [0.29, 0.717) is 0 Å². The summed E-state index contributed by atoms with van der Waals surface area (Å²) in [6.07, 6.45) is 0. The van der Waals surface area contributed by atoms with E-state index in [-0.39, 0.29) is 0 Å². The Labute approximate surface area is 255 Å². The van der Waals surface area contributed by atoms with Crippen molar-refractivity contribution >= 4 is 71.3 Å². The van der Waals surface area contributed by atoms with Gasteiger partial charge in [-0.2, -0.15) is 0 Å². The van der Waals surface area contributed by atoms with Gasteiger partial charge in [-0.05, 0) is 63.0 Å². The molecule has 8 aromatic carbocycles. The molecule has 2 nitrogen and oxygen atoms in total. The molecule has 0 bridgehead atoms. The molecule has 0 saturated carbocycles. The zero-order chi connectivity index (χ0) is 29.0. The van der Waals surface area contributed by atoms with Crippen LogP contribution in [-0.4, -0.2) is 0 Å². The molecule has 0 radical (unpaired) electrons. The normalized spacial score (nSPS) is 11.6. The average molecular weight is 562 g/mol. The zero-order valence-electron chi connectivity index (χ0n) is 23.9. The van der Waals surface area contributed by atoms with E-state index in [1.807, 2.05) is 0 Å². The highest BCUT2D eigenvalue weighted by molar-refractivity contribution is 6.31. The first-order valence-electron chi connectivity index (χ1n) is 15.0. The molecule has 0 amide bonds. The summed E-state index contributed by atoms with van der Waals surface area (Å²) in [4.78, 5) is 2.36. The van der Waals surface area contributed by atoms with Crippen molar-refractivity contribution in [1.82, 2.24) is 0 Å². The van der Waals surface area contributed by atoms with Crippen LogP contribution in [0.5, 0.6) is 0 Å². The summed E-state index contributed by atoms with van der Waals surface area (Å²) in [5.41, 5.74) is 7.30. The summed E-state index contributed by atoms with van der Waals surface area (Å²) in [7, 11) is 0. The first-order valence-corrected chi connectivity index (χ1v) is 15.0. The summed E-state index contributed by atoms with van der Waals surface area (Å²) in [6, 6.07) is 58.3. The Morgan fingerprint density at radius 3 is 1.73 bits per heavy atom. The smallest absolute Gasteiger partial charge is 0.159 e. The van der Waals surface area contributed by atoms with Gasteiger partial charge in [0, 0.05) is 27.2 Å². The number of rotatable bonds is 4. The summed E-state index contributed by atoms with van der Waals surface area (Å²) in [5, 5.41) is 9.41. The van der Waals surface area contributed by atoms with Gasteiger partial charge in [0.05, 0.1) is 11.4 Å². The Balaban J connectivity index is 1.49. The third-order valence-corrected chi connectivity index (χ3v) is 8.80. The van der Waals surface area contributed by atoms with Crippen molar-refractivity contribution in [2.45, 2.75) is 0 Å². The average Bonchev–Trinajstić information content (AvgIpc) is 3.50. The minimum absolute atomic E-state index is 0.873. The summed E-state index contributed by atoms with van der Waals surface area (Å²) in [6.45, 7) is 0. The van der Waals surface area contributed by atoms with Crippen LogP contribution in [0.25, 0.3) is 65.4 Å². The van der Waals surface area contributed by atoms with E-state index in [1.165, 1.54) is 32.5 Å². The van der Waals surface area contributed by atoms with Crippen LogP contribution in [0.15, 0.2) is 168 Å². The number of furan rings is 1. The van der Waals surface area contributed by atoms with Crippen molar-refractivity contribution in [3.63, 3.8) is 0 Å². The van der Waals surface area contributed by atoms with Gasteiger partial charge in [-0.1, -0.05) is 133 Å². The topological polar surface area (TPSA) is 16.4 Å². The Bertz CT molecular complexity index is 2490. The van der Waals surface area contributed by atoms with E-state index >= 15 is 0 Å². The minimum Gasteiger partial charge on any atom is -0.453 e. The maximum Gasteiger partial charge on any atom is 0.159 e. The second-order valence-electron chi connectivity index (χ2n) is 11.3. The maximum atomic E-state index is 7.09. The van der Waals surface area contributed by atoms with Gasteiger partial charge >= 0.3 is 0 Å². The lowest BCUT2D eigenvalue weighted by Gasteiger charge is -2.27. The summed E-state index contributed by atoms with van der Waals surface area (Å²) >= 11 is 0. The van der Waals surface area contributed by atoms with E-state index < -0.39 is 0 Å². The number of fused-ring (bicyclic) bond motifs is 9. The quantitative estimate of drug-likeness (QED) is 0.199. The van der Waals surface area contributed by atoms with Gasteiger partial charge in [0.2, 0.25) is 0 Å². The molecule has 9 rings (SSSR count). The molecule has 0 atom stereocenters.